The maximum Gasteiger partial charge on any atom is 0.335 e. The Morgan fingerprint density at radius 2 is 2.19 bits per heavy atom. The number of nitrogens with zero attached hydrogens (tertiary/aromatic N) is 1. The van der Waals surface area contributed by atoms with Crippen molar-refractivity contribution in [2.75, 3.05) is 13.2 Å². The number of carboxylic acids is 1. The Bertz CT molecular complexity index is 541. The van der Waals surface area contributed by atoms with E-state index in [2.05, 4.69) is 0 Å². The van der Waals surface area contributed by atoms with Crippen molar-refractivity contribution in [3.05, 3.63) is 35.4 Å². The second-order valence-electron chi connectivity index (χ2n) is 5.87. The molecule has 2 rings (SSSR count). The van der Waals surface area contributed by atoms with Gasteiger partial charge in [0.1, 0.15) is 6.61 Å². The summed E-state index contributed by atoms with van der Waals surface area (Å²) in [6.45, 7) is 6.30. The normalized spacial score (nSPS) is 22.7. The highest BCUT2D eigenvalue weighted by Crippen LogP contribution is 2.31. The number of benzene rings is 1. The van der Waals surface area contributed by atoms with E-state index in [1.165, 1.54) is 0 Å². The zero-order valence-corrected chi connectivity index (χ0v) is 12.6. The third-order valence-corrected chi connectivity index (χ3v) is 3.52. The number of morpholine rings is 1. The fraction of sp³-hybridized carbons (Fsp3) is 0.500. The van der Waals surface area contributed by atoms with E-state index in [0.717, 1.165) is 11.1 Å². The van der Waals surface area contributed by atoms with Gasteiger partial charge in [0.15, 0.2) is 6.10 Å². The average Bonchev–Trinajstić information content (AvgIpc) is 2.40. The molecular weight excluding hydrogens is 270 g/mol. The Hall–Kier alpha value is -1.88. The number of amides is 1. The van der Waals surface area contributed by atoms with Crippen LogP contribution in [-0.2, 0) is 14.3 Å². The highest BCUT2D eigenvalue weighted by Gasteiger charge is 2.41. The molecule has 0 aliphatic carbocycles. The Morgan fingerprint density at radius 1 is 1.48 bits per heavy atom. The van der Waals surface area contributed by atoms with Crippen LogP contribution in [0.25, 0.3) is 0 Å². The molecule has 1 aliphatic rings. The van der Waals surface area contributed by atoms with Crippen LogP contribution in [0.3, 0.4) is 0 Å². The Labute approximate surface area is 124 Å². The summed E-state index contributed by atoms with van der Waals surface area (Å²) in [5.74, 6) is -0.940. The average molecular weight is 291 g/mol. The summed E-state index contributed by atoms with van der Waals surface area (Å²) in [5, 5.41) is 9.41. The molecule has 21 heavy (non-hydrogen) atoms. The topological polar surface area (TPSA) is 66.8 Å². The molecule has 1 amide bonds. The van der Waals surface area contributed by atoms with E-state index in [9.17, 15) is 14.7 Å². The lowest BCUT2D eigenvalue weighted by atomic mass is 9.95. The summed E-state index contributed by atoms with van der Waals surface area (Å²) in [6.07, 6.45) is -1.02. The molecule has 1 aromatic rings. The minimum absolute atomic E-state index is 0.160. The molecule has 0 spiro atoms. The number of carbonyl (C=O) groups excluding carboxylic acids is 1. The molecule has 1 N–H and O–H groups in total. The van der Waals surface area contributed by atoms with Gasteiger partial charge in [-0.2, -0.15) is 0 Å². The smallest absolute Gasteiger partial charge is 0.335 e. The standard InChI is InChI=1S/C16H21NO4/c1-10(2)8-17-13(18)9-21-15(16(19)20)14(17)12-6-4-5-11(3)7-12/h4-7,10,14-15H,8-9H2,1-3H3,(H,19,20). The number of hydrogen-bond acceptors (Lipinski definition) is 3. The molecule has 114 valence electrons. The lowest BCUT2D eigenvalue weighted by Crippen LogP contribution is -2.52. The van der Waals surface area contributed by atoms with Crippen LogP contribution < -0.4 is 0 Å². The summed E-state index contributed by atoms with van der Waals surface area (Å²) in [6, 6.07) is 7.00. The first kappa shape index (κ1) is 15.5. The van der Waals surface area contributed by atoms with Crippen molar-refractivity contribution in [2.45, 2.75) is 32.9 Å². The zero-order chi connectivity index (χ0) is 15.6. The molecule has 1 fully saturated rings. The maximum atomic E-state index is 12.2. The van der Waals surface area contributed by atoms with E-state index >= 15 is 0 Å². The van der Waals surface area contributed by atoms with Crippen LogP contribution >= 0.6 is 0 Å². The molecule has 1 aliphatic heterocycles. The van der Waals surface area contributed by atoms with Crippen LogP contribution in [0.5, 0.6) is 0 Å². The largest absolute Gasteiger partial charge is 0.479 e. The van der Waals surface area contributed by atoms with Gasteiger partial charge in [-0.1, -0.05) is 43.7 Å². The first-order chi connectivity index (χ1) is 9.90. The number of hydrogen-bond donors (Lipinski definition) is 1. The van der Waals surface area contributed by atoms with E-state index in [1.54, 1.807) is 4.90 Å². The molecule has 0 bridgehead atoms. The van der Waals surface area contributed by atoms with E-state index in [-0.39, 0.29) is 18.4 Å². The fourth-order valence-corrected chi connectivity index (χ4v) is 2.68. The number of carbonyl (C=O) groups is 2. The van der Waals surface area contributed by atoms with Crippen LogP contribution in [0, 0.1) is 12.8 Å². The molecule has 5 heteroatoms. The van der Waals surface area contributed by atoms with Crippen LogP contribution in [0.2, 0.25) is 0 Å². The number of ether oxygens (including phenoxy) is 1. The van der Waals surface area contributed by atoms with Crippen LogP contribution in [0.1, 0.15) is 31.0 Å². The van der Waals surface area contributed by atoms with Crippen molar-refractivity contribution in [1.29, 1.82) is 0 Å². The molecule has 5 nitrogen and oxygen atoms in total. The highest BCUT2D eigenvalue weighted by molar-refractivity contribution is 5.83. The molecule has 0 saturated carbocycles. The molecule has 2 unspecified atom stereocenters. The lowest BCUT2D eigenvalue weighted by molar-refractivity contribution is -0.173. The number of rotatable bonds is 4. The van der Waals surface area contributed by atoms with Gasteiger partial charge in [0.2, 0.25) is 5.91 Å². The highest BCUT2D eigenvalue weighted by atomic mass is 16.5. The molecule has 2 atom stereocenters. The van der Waals surface area contributed by atoms with Crippen LogP contribution in [0.15, 0.2) is 24.3 Å². The van der Waals surface area contributed by atoms with Crippen molar-refractivity contribution in [3.63, 3.8) is 0 Å². The molecule has 1 aromatic carbocycles. The van der Waals surface area contributed by atoms with Gasteiger partial charge in [0, 0.05) is 6.54 Å². The zero-order valence-electron chi connectivity index (χ0n) is 12.6. The predicted molar refractivity (Wildman–Crippen MR) is 77.8 cm³/mol. The Morgan fingerprint density at radius 3 is 2.76 bits per heavy atom. The van der Waals surface area contributed by atoms with Crippen LogP contribution in [-0.4, -0.2) is 41.1 Å². The predicted octanol–water partition coefficient (Wildman–Crippen LogP) is 2.00. The third kappa shape index (κ3) is 3.42. The van der Waals surface area contributed by atoms with Gasteiger partial charge < -0.3 is 14.7 Å². The van der Waals surface area contributed by atoms with E-state index in [1.807, 2.05) is 45.0 Å². The molecular formula is C16H21NO4. The van der Waals surface area contributed by atoms with Crippen LogP contribution in [0.4, 0.5) is 0 Å². The van der Waals surface area contributed by atoms with Crippen molar-refractivity contribution in [2.24, 2.45) is 5.92 Å². The summed E-state index contributed by atoms with van der Waals surface area (Å²) in [5.41, 5.74) is 1.83. The van der Waals surface area contributed by atoms with E-state index in [4.69, 9.17) is 4.74 Å². The van der Waals surface area contributed by atoms with Gasteiger partial charge in [-0.25, -0.2) is 4.79 Å². The van der Waals surface area contributed by atoms with Crippen molar-refractivity contribution in [1.82, 2.24) is 4.90 Å². The van der Waals surface area contributed by atoms with Gasteiger partial charge in [-0.05, 0) is 18.4 Å². The van der Waals surface area contributed by atoms with Gasteiger partial charge >= 0.3 is 5.97 Å². The van der Waals surface area contributed by atoms with E-state index in [0.29, 0.717) is 6.54 Å². The van der Waals surface area contributed by atoms with Gasteiger partial charge in [-0.15, -0.1) is 0 Å². The third-order valence-electron chi connectivity index (χ3n) is 3.52. The van der Waals surface area contributed by atoms with Gasteiger partial charge in [-0.3, -0.25) is 4.79 Å². The summed E-state index contributed by atoms with van der Waals surface area (Å²) in [4.78, 5) is 25.3. The van der Waals surface area contributed by atoms with Gasteiger partial charge in [0.05, 0.1) is 6.04 Å². The fourth-order valence-electron chi connectivity index (χ4n) is 2.68. The maximum absolute atomic E-state index is 12.2. The molecule has 0 aromatic heterocycles. The first-order valence-electron chi connectivity index (χ1n) is 7.10. The summed E-state index contributed by atoms with van der Waals surface area (Å²) >= 11 is 0. The molecule has 1 heterocycles. The number of aliphatic carboxylic acids is 1. The summed E-state index contributed by atoms with van der Waals surface area (Å²) < 4.78 is 5.28. The van der Waals surface area contributed by atoms with E-state index < -0.39 is 18.1 Å². The Balaban J connectivity index is 2.43. The minimum Gasteiger partial charge on any atom is -0.479 e. The quantitative estimate of drug-likeness (QED) is 0.921. The first-order valence-corrected chi connectivity index (χ1v) is 7.10. The Kier molecular flexibility index (Phi) is 4.63. The minimum atomic E-state index is -1.04. The van der Waals surface area contributed by atoms with Crippen molar-refractivity contribution >= 4 is 11.9 Å². The second kappa shape index (κ2) is 6.26. The monoisotopic (exact) mass is 291 g/mol. The lowest BCUT2D eigenvalue weighted by Gasteiger charge is -2.40. The van der Waals surface area contributed by atoms with Crippen molar-refractivity contribution < 1.29 is 19.4 Å². The van der Waals surface area contributed by atoms with Gasteiger partial charge in [0.25, 0.3) is 0 Å². The second-order valence-corrected chi connectivity index (χ2v) is 5.87. The summed E-state index contributed by atoms with van der Waals surface area (Å²) in [7, 11) is 0. The SMILES string of the molecule is Cc1cccc(C2C(C(=O)O)OCC(=O)N2CC(C)C)c1. The number of aryl methyl sites for hydroxylation is 1. The molecule has 1 saturated heterocycles. The number of carboxylic acid groups (broad SMARTS) is 1. The molecule has 0 radical (unpaired) electrons. The van der Waals surface area contributed by atoms with Crippen molar-refractivity contribution in [3.8, 4) is 0 Å².